The van der Waals surface area contributed by atoms with E-state index in [2.05, 4.69) is 15.9 Å². The van der Waals surface area contributed by atoms with Crippen LogP contribution in [0.3, 0.4) is 0 Å². The van der Waals surface area contributed by atoms with E-state index >= 15 is 0 Å². The topological polar surface area (TPSA) is 65.1 Å². The number of aryl methyl sites for hydroxylation is 1. The summed E-state index contributed by atoms with van der Waals surface area (Å²) in [5, 5.41) is 10.5. The van der Waals surface area contributed by atoms with Crippen LogP contribution in [-0.4, -0.2) is 9.49 Å². The first-order valence-corrected chi connectivity index (χ1v) is 6.47. The summed E-state index contributed by atoms with van der Waals surface area (Å²) in [6, 6.07) is 5.29. The standard InChI is InChI=1S/C13H10BrFN2O3/c1-8-4-10(14)7-16(13(8)18)6-9-2-3-12(17(19)20)11(15)5-9/h2-5,7H,6H2,1H3. The van der Waals surface area contributed by atoms with Crippen LogP contribution in [0.4, 0.5) is 10.1 Å². The summed E-state index contributed by atoms with van der Waals surface area (Å²) >= 11 is 3.28. The van der Waals surface area contributed by atoms with Gasteiger partial charge in [0.15, 0.2) is 0 Å². The van der Waals surface area contributed by atoms with Crippen molar-refractivity contribution in [2.45, 2.75) is 13.5 Å². The summed E-state index contributed by atoms with van der Waals surface area (Å²) in [7, 11) is 0. The molecule has 0 radical (unpaired) electrons. The Labute approximate surface area is 121 Å². The first kappa shape index (κ1) is 14.4. The molecule has 7 heteroatoms. The second-order valence-electron chi connectivity index (χ2n) is 4.32. The maximum absolute atomic E-state index is 13.5. The Kier molecular flexibility index (Phi) is 3.99. The predicted molar refractivity (Wildman–Crippen MR) is 75.3 cm³/mol. The van der Waals surface area contributed by atoms with Gasteiger partial charge >= 0.3 is 5.69 Å². The molecule has 0 saturated carbocycles. The quantitative estimate of drug-likeness (QED) is 0.637. The minimum atomic E-state index is -0.910. The molecule has 2 rings (SSSR count). The van der Waals surface area contributed by atoms with Crippen molar-refractivity contribution in [3.8, 4) is 0 Å². The van der Waals surface area contributed by atoms with E-state index in [-0.39, 0.29) is 12.1 Å². The number of hydrogen-bond donors (Lipinski definition) is 0. The Hall–Kier alpha value is -2.02. The van der Waals surface area contributed by atoms with Crippen molar-refractivity contribution >= 4 is 21.6 Å². The Bertz CT molecular complexity index is 743. The highest BCUT2D eigenvalue weighted by molar-refractivity contribution is 9.10. The number of aromatic nitrogens is 1. The zero-order valence-corrected chi connectivity index (χ0v) is 12.1. The van der Waals surface area contributed by atoms with Gasteiger partial charge in [0.1, 0.15) is 0 Å². The first-order chi connectivity index (χ1) is 9.38. The zero-order valence-electron chi connectivity index (χ0n) is 10.5. The molecule has 0 aliphatic carbocycles. The van der Waals surface area contributed by atoms with E-state index in [1.54, 1.807) is 19.2 Å². The highest BCUT2D eigenvalue weighted by Crippen LogP contribution is 2.18. The fourth-order valence-corrected chi connectivity index (χ4v) is 2.44. The molecule has 0 saturated heterocycles. The first-order valence-electron chi connectivity index (χ1n) is 5.68. The van der Waals surface area contributed by atoms with Crippen LogP contribution in [0.5, 0.6) is 0 Å². The fraction of sp³-hybridized carbons (Fsp3) is 0.154. The lowest BCUT2D eigenvalue weighted by Gasteiger charge is -2.08. The van der Waals surface area contributed by atoms with Gasteiger partial charge in [-0.15, -0.1) is 0 Å². The Morgan fingerprint density at radius 3 is 2.70 bits per heavy atom. The Morgan fingerprint density at radius 2 is 2.10 bits per heavy atom. The largest absolute Gasteiger partial charge is 0.310 e. The second kappa shape index (κ2) is 5.54. The van der Waals surface area contributed by atoms with Crippen LogP contribution in [0.25, 0.3) is 0 Å². The van der Waals surface area contributed by atoms with Gasteiger partial charge in [0.2, 0.25) is 5.82 Å². The van der Waals surface area contributed by atoms with E-state index in [9.17, 15) is 19.3 Å². The van der Waals surface area contributed by atoms with Crippen LogP contribution in [-0.2, 0) is 6.54 Å². The molecule has 0 N–H and O–H groups in total. The highest BCUT2D eigenvalue weighted by atomic mass is 79.9. The molecule has 0 atom stereocenters. The van der Waals surface area contributed by atoms with Crippen molar-refractivity contribution in [1.82, 2.24) is 4.57 Å². The van der Waals surface area contributed by atoms with Gasteiger partial charge in [-0.05, 0) is 40.5 Å². The molecule has 1 aromatic heterocycles. The van der Waals surface area contributed by atoms with Gasteiger partial charge in [0.05, 0.1) is 11.5 Å². The molecule has 20 heavy (non-hydrogen) atoms. The van der Waals surface area contributed by atoms with Gasteiger partial charge in [-0.3, -0.25) is 14.9 Å². The molecule has 0 aliphatic heterocycles. The third kappa shape index (κ3) is 2.93. The van der Waals surface area contributed by atoms with E-state index in [1.807, 2.05) is 0 Å². The van der Waals surface area contributed by atoms with Gasteiger partial charge in [0.25, 0.3) is 5.56 Å². The second-order valence-corrected chi connectivity index (χ2v) is 5.23. The number of benzene rings is 1. The monoisotopic (exact) mass is 340 g/mol. The summed E-state index contributed by atoms with van der Waals surface area (Å²) in [6.45, 7) is 1.83. The van der Waals surface area contributed by atoms with E-state index in [0.717, 1.165) is 16.6 Å². The summed E-state index contributed by atoms with van der Waals surface area (Å²) in [4.78, 5) is 21.7. The van der Waals surface area contributed by atoms with E-state index in [4.69, 9.17) is 0 Å². The molecular weight excluding hydrogens is 331 g/mol. The minimum Gasteiger partial charge on any atom is -0.310 e. The van der Waals surface area contributed by atoms with Crippen molar-refractivity contribution in [2.75, 3.05) is 0 Å². The molecule has 2 aromatic rings. The van der Waals surface area contributed by atoms with Gasteiger partial charge < -0.3 is 4.57 Å². The van der Waals surface area contributed by atoms with E-state index in [0.29, 0.717) is 11.1 Å². The normalized spacial score (nSPS) is 10.6. The molecular formula is C13H10BrFN2O3. The van der Waals surface area contributed by atoms with Crippen molar-refractivity contribution < 1.29 is 9.31 Å². The van der Waals surface area contributed by atoms with Crippen LogP contribution in [0.1, 0.15) is 11.1 Å². The number of nitro benzene ring substituents is 1. The number of hydrogen-bond acceptors (Lipinski definition) is 3. The lowest BCUT2D eigenvalue weighted by molar-refractivity contribution is -0.387. The Morgan fingerprint density at radius 1 is 1.40 bits per heavy atom. The summed E-state index contributed by atoms with van der Waals surface area (Å²) < 4.78 is 15.7. The molecule has 0 unspecified atom stereocenters. The average molecular weight is 341 g/mol. The van der Waals surface area contributed by atoms with Gasteiger partial charge in [-0.25, -0.2) is 0 Å². The molecule has 0 bridgehead atoms. The van der Waals surface area contributed by atoms with Crippen LogP contribution in [0, 0.1) is 22.9 Å². The number of nitrogens with zero attached hydrogens (tertiary/aromatic N) is 2. The molecule has 0 amide bonds. The molecule has 1 aromatic carbocycles. The zero-order chi connectivity index (χ0) is 14.9. The summed E-state index contributed by atoms with van der Waals surface area (Å²) in [6.07, 6.45) is 1.59. The minimum absolute atomic E-state index is 0.147. The van der Waals surface area contributed by atoms with Gasteiger partial charge in [0, 0.05) is 22.3 Å². The lowest BCUT2D eigenvalue weighted by Crippen LogP contribution is -2.22. The SMILES string of the molecule is Cc1cc(Br)cn(Cc2ccc([N+](=O)[O-])c(F)c2)c1=O. The molecule has 104 valence electrons. The molecule has 1 heterocycles. The van der Waals surface area contributed by atoms with Crippen molar-refractivity contribution in [2.24, 2.45) is 0 Å². The fourth-order valence-electron chi connectivity index (χ4n) is 1.85. The number of halogens is 2. The molecule has 0 spiro atoms. The highest BCUT2D eigenvalue weighted by Gasteiger charge is 2.14. The average Bonchev–Trinajstić information content (AvgIpc) is 2.35. The van der Waals surface area contributed by atoms with E-state index in [1.165, 1.54) is 10.6 Å². The maximum atomic E-state index is 13.5. The smallest absolute Gasteiger partial charge is 0.304 e. The van der Waals surface area contributed by atoms with Gasteiger partial charge in [-0.1, -0.05) is 6.07 Å². The molecule has 5 nitrogen and oxygen atoms in total. The Balaban J connectivity index is 2.38. The lowest BCUT2D eigenvalue weighted by atomic mass is 10.2. The van der Waals surface area contributed by atoms with Gasteiger partial charge in [-0.2, -0.15) is 4.39 Å². The van der Waals surface area contributed by atoms with E-state index < -0.39 is 16.4 Å². The third-order valence-electron chi connectivity index (χ3n) is 2.79. The third-order valence-corrected chi connectivity index (χ3v) is 3.23. The number of rotatable bonds is 3. The van der Waals surface area contributed by atoms with Crippen molar-refractivity contribution in [1.29, 1.82) is 0 Å². The van der Waals surface area contributed by atoms with Crippen LogP contribution in [0.2, 0.25) is 0 Å². The molecule has 0 fully saturated rings. The summed E-state index contributed by atoms with van der Waals surface area (Å²) in [5.74, 6) is -0.910. The predicted octanol–water partition coefficient (Wildman–Crippen LogP) is 3.01. The number of pyridine rings is 1. The van der Waals surface area contributed by atoms with Crippen molar-refractivity contribution in [3.63, 3.8) is 0 Å². The summed E-state index contributed by atoms with van der Waals surface area (Å²) in [5.41, 5.74) is 0.271. The van der Waals surface area contributed by atoms with Crippen LogP contribution < -0.4 is 5.56 Å². The van der Waals surface area contributed by atoms with Crippen molar-refractivity contribution in [3.05, 3.63) is 72.3 Å². The van der Waals surface area contributed by atoms with Crippen LogP contribution >= 0.6 is 15.9 Å². The van der Waals surface area contributed by atoms with Crippen LogP contribution in [0.15, 0.2) is 39.7 Å². The maximum Gasteiger partial charge on any atom is 0.304 e. The molecule has 0 aliphatic rings. The number of nitro groups is 1.